The van der Waals surface area contributed by atoms with Gasteiger partial charge in [0, 0.05) is 11.6 Å². The van der Waals surface area contributed by atoms with Crippen molar-refractivity contribution in [3.63, 3.8) is 0 Å². The predicted octanol–water partition coefficient (Wildman–Crippen LogP) is 2.64. The molecule has 0 aliphatic rings. The second-order valence-electron chi connectivity index (χ2n) is 6.57. The minimum atomic E-state index is -0.171. The van der Waals surface area contributed by atoms with Crippen LogP contribution in [0.2, 0.25) is 0 Å². The Bertz CT molecular complexity index is 210. The molecule has 0 radical (unpaired) electrons. The van der Waals surface area contributed by atoms with Gasteiger partial charge in [-0.25, -0.2) is 0 Å². The first-order valence-electron chi connectivity index (χ1n) is 7.52. The van der Waals surface area contributed by atoms with Crippen LogP contribution >= 0.6 is 0 Å². The highest BCUT2D eigenvalue weighted by atomic mass is 15.0. The fraction of sp³-hybridized carbons (Fsp3) is 1.00. The zero-order valence-corrected chi connectivity index (χ0v) is 13.2. The fourth-order valence-electron chi connectivity index (χ4n) is 2.48. The van der Waals surface area contributed by atoms with Gasteiger partial charge in [0.25, 0.3) is 0 Å². The molecule has 0 amide bonds. The molecule has 110 valence electrons. The number of rotatable bonds is 9. The maximum atomic E-state index is 6.74. The minimum absolute atomic E-state index is 0.0975. The third-order valence-electron chi connectivity index (χ3n) is 4.19. The van der Waals surface area contributed by atoms with E-state index in [-0.39, 0.29) is 11.0 Å². The lowest BCUT2D eigenvalue weighted by molar-refractivity contribution is 0.125. The van der Waals surface area contributed by atoms with E-state index in [4.69, 9.17) is 11.5 Å². The summed E-state index contributed by atoms with van der Waals surface area (Å²) in [6.07, 6.45) is 5.65. The first-order valence-corrected chi connectivity index (χ1v) is 7.52. The normalized spacial score (nSPS) is 17.5. The zero-order valence-electron chi connectivity index (χ0n) is 13.2. The van der Waals surface area contributed by atoms with Gasteiger partial charge in [-0.15, -0.1) is 0 Å². The Balaban J connectivity index is 4.54. The summed E-state index contributed by atoms with van der Waals surface area (Å²) >= 11 is 0. The van der Waals surface area contributed by atoms with Gasteiger partial charge in [-0.3, -0.25) is 0 Å². The van der Waals surface area contributed by atoms with E-state index in [1.54, 1.807) is 0 Å². The quantitative estimate of drug-likeness (QED) is 0.556. The molecule has 0 saturated carbocycles. The molecule has 0 aromatic heterocycles. The Labute approximate surface area is 114 Å². The maximum Gasteiger partial charge on any atom is 0.0356 e. The van der Waals surface area contributed by atoms with Crippen LogP contribution < -0.4 is 16.8 Å². The molecule has 0 bridgehead atoms. The summed E-state index contributed by atoms with van der Waals surface area (Å²) in [4.78, 5) is 0. The second kappa shape index (κ2) is 8.13. The van der Waals surface area contributed by atoms with E-state index in [0.717, 1.165) is 32.4 Å². The lowest BCUT2D eigenvalue weighted by Crippen LogP contribution is -2.63. The minimum Gasteiger partial charge on any atom is -0.330 e. The monoisotopic (exact) mass is 257 g/mol. The average Bonchev–Trinajstić information content (AvgIpc) is 2.27. The molecule has 5 N–H and O–H groups in total. The molecule has 3 heteroatoms. The standard InChI is InChI=1S/C15H35N3/c1-6-7-12-18-13(2)15(17,14(3,4)5)10-8-9-11-16/h13,18H,6-12,16-17H2,1-5H3. The molecule has 2 unspecified atom stereocenters. The second-order valence-corrected chi connectivity index (χ2v) is 6.57. The third kappa shape index (κ3) is 5.25. The van der Waals surface area contributed by atoms with E-state index in [1.165, 1.54) is 12.8 Å². The van der Waals surface area contributed by atoms with Crippen LogP contribution in [0.1, 0.15) is 66.7 Å². The van der Waals surface area contributed by atoms with Crippen LogP contribution in [-0.4, -0.2) is 24.7 Å². The summed E-state index contributed by atoms with van der Waals surface area (Å²) in [6, 6.07) is 0.335. The van der Waals surface area contributed by atoms with Gasteiger partial charge >= 0.3 is 0 Å². The van der Waals surface area contributed by atoms with Gasteiger partial charge in [0.1, 0.15) is 0 Å². The number of unbranched alkanes of at least 4 members (excludes halogenated alkanes) is 2. The van der Waals surface area contributed by atoms with Crippen molar-refractivity contribution >= 4 is 0 Å². The van der Waals surface area contributed by atoms with Crippen LogP contribution in [0.25, 0.3) is 0 Å². The molecule has 2 atom stereocenters. The molecule has 0 spiro atoms. The van der Waals surface area contributed by atoms with E-state index >= 15 is 0 Å². The van der Waals surface area contributed by atoms with Crippen molar-refractivity contribution < 1.29 is 0 Å². The summed E-state index contributed by atoms with van der Waals surface area (Å²) in [7, 11) is 0. The summed E-state index contributed by atoms with van der Waals surface area (Å²) in [5.41, 5.74) is 12.2. The van der Waals surface area contributed by atoms with Crippen LogP contribution in [0, 0.1) is 5.41 Å². The van der Waals surface area contributed by atoms with E-state index in [1.807, 2.05) is 0 Å². The van der Waals surface area contributed by atoms with Crippen molar-refractivity contribution in [1.29, 1.82) is 0 Å². The molecular weight excluding hydrogens is 222 g/mol. The molecule has 0 fully saturated rings. The number of hydrogen-bond acceptors (Lipinski definition) is 3. The molecule has 18 heavy (non-hydrogen) atoms. The summed E-state index contributed by atoms with van der Waals surface area (Å²) in [5, 5.41) is 3.60. The summed E-state index contributed by atoms with van der Waals surface area (Å²) < 4.78 is 0. The topological polar surface area (TPSA) is 64.1 Å². The lowest BCUT2D eigenvalue weighted by Gasteiger charge is -2.47. The Hall–Kier alpha value is -0.120. The van der Waals surface area contributed by atoms with Crippen LogP contribution in [-0.2, 0) is 0 Å². The van der Waals surface area contributed by atoms with E-state index in [0.29, 0.717) is 6.04 Å². The highest BCUT2D eigenvalue weighted by molar-refractivity contribution is 5.02. The molecule has 0 heterocycles. The van der Waals surface area contributed by atoms with Crippen molar-refractivity contribution in [3.8, 4) is 0 Å². The molecule has 0 aliphatic carbocycles. The van der Waals surface area contributed by atoms with Gasteiger partial charge in [0.05, 0.1) is 0 Å². The van der Waals surface area contributed by atoms with Crippen molar-refractivity contribution in [2.75, 3.05) is 13.1 Å². The summed E-state index contributed by atoms with van der Waals surface area (Å²) in [6.45, 7) is 13.0. The van der Waals surface area contributed by atoms with E-state index in [2.05, 4.69) is 39.9 Å². The first-order chi connectivity index (χ1) is 8.29. The maximum absolute atomic E-state index is 6.74. The fourth-order valence-corrected chi connectivity index (χ4v) is 2.48. The van der Waals surface area contributed by atoms with Gasteiger partial charge < -0.3 is 16.8 Å². The van der Waals surface area contributed by atoms with Gasteiger partial charge in [-0.2, -0.15) is 0 Å². The van der Waals surface area contributed by atoms with E-state index < -0.39 is 0 Å². The molecule has 0 aromatic rings. The lowest BCUT2D eigenvalue weighted by atomic mass is 9.67. The van der Waals surface area contributed by atoms with Crippen molar-refractivity contribution in [2.24, 2.45) is 16.9 Å². The van der Waals surface area contributed by atoms with Gasteiger partial charge in [0.15, 0.2) is 0 Å². The van der Waals surface area contributed by atoms with Crippen LogP contribution in [0.4, 0.5) is 0 Å². The Morgan fingerprint density at radius 1 is 1.11 bits per heavy atom. The Kier molecular flexibility index (Phi) is 8.08. The van der Waals surface area contributed by atoms with Crippen molar-refractivity contribution in [3.05, 3.63) is 0 Å². The van der Waals surface area contributed by atoms with Gasteiger partial charge in [-0.1, -0.05) is 40.5 Å². The molecular formula is C15H35N3. The highest BCUT2D eigenvalue weighted by Gasteiger charge is 2.41. The largest absolute Gasteiger partial charge is 0.330 e. The summed E-state index contributed by atoms with van der Waals surface area (Å²) in [5.74, 6) is 0. The highest BCUT2D eigenvalue weighted by Crippen LogP contribution is 2.35. The van der Waals surface area contributed by atoms with Crippen LogP contribution in [0.5, 0.6) is 0 Å². The molecule has 0 aromatic carbocycles. The number of nitrogens with one attached hydrogen (secondary N) is 1. The average molecular weight is 257 g/mol. The van der Waals surface area contributed by atoms with Crippen molar-refractivity contribution in [2.45, 2.75) is 78.3 Å². The van der Waals surface area contributed by atoms with Crippen LogP contribution in [0.15, 0.2) is 0 Å². The number of hydrogen-bond donors (Lipinski definition) is 3. The van der Waals surface area contributed by atoms with Crippen molar-refractivity contribution in [1.82, 2.24) is 5.32 Å². The number of nitrogens with two attached hydrogens (primary N) is 2. The molecule has 3 nitrogen and oxygen atoms in total. The van der Waals surface area contributed by atoms with Gasteiger partial charge in [-0.05, 0) is 44.7 Å². The Morgan fingerprint density at radius 2 is 1.72 bits per heavy atom. The third-order valence-corrected chi connectivity index (χ3v) is 4.19. The molecule has 0 aliphatic heterocycles. The molecule has 0 rings (SSSR count). The SMILES string of the molecule is CCCCNC(C)C(N)(CCCCN)C(C)(C)C. The van der Waals surface area contributed by atoms with E-state index in [9.17, 15) is 0 Å². The predicted molar refractivity (Wildman–Crippen MR) is 81.7 cm³/mol. The van der Waals surface area contributed by atoms with Crippen LogP contribution in [0.3, 0.4) is 0 Å². The van der Waals surface area contributed by atoms with Gasteiger partial charge in [0.2, 0.25) is 0 Å². The smallest absolute Gasteiger partial charge is 0.0356 e. The Morgan fingerprint density at radius 3 is 2.17 bits per heavy atom. The first kappa shape index (κ1) is 17.9. The molecule has 0 saturated heterocycles. The zero-order chi connectivity index (χ0) is 14.2.